The van der Waals surface area contributed by atoms with Crippen molar-refractivity contribution in [2.45, 2.75) is 37.5 Å². The van der Waals surface area contributed by atoms with Gasteiger partial charge in [-0.2, -0.15) is 4.31 Å². The van der Waals surface area contributed by atoms with Crippen molar-refractivity contribution in [1.82, 2.24) is 14.2 Å². The Balaban J connectivity index is 1.37. The minimum Gasteiger partial charge on any atom is -0.440 e. The maximum Gasteiger partial charge on any atom is 0.243 e. The molecule has 1 amide bonds. The summed E-state index contributed by atoms with van der Waals surface area (Å²) in [7, 11) is -2.27. The molecule has 0 atom stereocenters. The van der Waals surface area contributed by atoms with E-state index in [0.29, 0.717) is 19.0 Å². The Morgan fingerprint density at radius 3 is 2.52 bits per heavy atom. The van der Waals surface area contributed by atoms with Gasteiger partial charge in [0.05, 0.1) is 11.4 Å². The Labute approximate surface area is 182 Å². The Kier molecular flexibility index (Phi) is 5.85. The number of piperidine rings is 1. The number of fused-ring (bicyclic) bond motifs is 1. The smallest absolute Gasteiger partial charge is 0.243 e. The van der Waals surface area contributed by atoms with Crippen molar-refractivity contribution in [3.05, 3.63) is 59.5 Å². The van der Waals surface area contributed by atoms with E-state index in [0.717, 1.165) is 39.4 Å². The first-order valence-electron chi connectivity index (χ1n) is 10.4. The summed E-state index contributed by atoms with van der Waals surface area (Å²) in [5, 5.41) is 0. The molecule has 1 saturated heterocycles. The van der Waals surface area contributed by atoms with Crippen LogP contribution in [0.3, 0.4) is 0 Å². The number of rotatable bonds is 5. The van der Waals surface area contributed by atoms with E-state index in [2.05, 4.69) is 4.98 Å². The first-order chi connectivity index (χ1) is 14.8. The molecule has 2 heterocycles. The number of likely N-dealkylation sites (N-methyl/N-ethyl adjacent to an activating group) is 1. The van der Waals surface area contributed by atoms with E-state index in [1.165, 1.54) is 7.05 Å². The molecule has 2 aromatic carbocycles. The lowest BCUT2D eigenvalue weighted by atomic mass is 9.97. The van der Waals surface area contributed by atoms with E-state index < -0.39 is 10.0 Å². The van der Waals surface area contributed by atoms with Crippen molar-refractivity contribution in [2.75, 3.05) is 26.7 Å². The highest BCUT2D eigenvalue weighted by Gasteiger charge is 2.30. The van der Waals surface area contributed by atoms with Crippen molar-refractivity contribution >= 4 is 27.0 Å². The molecule has 0 radical (unpaired) electrons. The highest BCUT2D eigenvalue weighted by Crippen LogP contribution is 2.30. The third kappa shape index (κ3) is 4.36. The van der Waals surface area contributed by atoms with E-state index >= 15 is 0 Å². The molecule has 0 N–H and O–H groups in total. The van der Waals surface area contributed by atoms with Gasteiger partial charge < -0.3 is 9.32 Å². The number of oxazole rings is 1. The van der Waals surface area contributed by atoms with Crippen molar-refractivity contribution < 1.29 is 17.6 Å². The van der Waals surface area contributed by atoms with Crippen molar-refractivity contribution in [3.63, 3.8) is 0 Å². The molecule has 0 aliphatic carbocycles. The second kappa shape index (κ2) is 8.43. The van der Waals surface area contributed by atoms with Crippen molar-refractivity contribution in [3.8, 4) is 0 Å². The number of aromatic nitrogens is 1. The predicted octanol–water partition coefficient (Wildman–Crippen LogP) is 3.47. The Morgan fingerprint density at radius 1 is 1.13 bits per heavy atom. The van der Waals surface area contributed by atoms with E-state index in [9.17, 15) is 13.2 Å². The van der Waals surface area contributed by atoms with Gasteiger partial charge in [0.2, 0.25) is 15.9 Å². The fourth-order valence-corrected chi connectivity index (χ4v) is 5.08. The average molecular weight is 442 g/mol. The fraction of sp³-hybridized carbons (Fsp3) is 0.391. The lowest BCUT2D eigenvalue weighted by molar-refractivity contribution is -0.132. The van der Waals surface area contributed by atoms with Gasteiger partial charge in [0, 0.05) is 26.1 Å². The minimum absolute atomic E-state index is 0.161. The molecule has 0 saturated carbocycles. The molecule has 0 bridgehead atoms. The number of nitrogens with zero attached hydrogens (tertiary/aromatic N) is 3. The largest absolute Gasteiger partial charge is 0.440 e. The molecule has 0 spiro atoms. The number of para-hydroxylation sites is 2. The first-order valence-corrected chi connectivity index (χ1v) is 11.9. The average Bonchev–Trinajstić information content (AvgIpc) is 3.20. The topological polar surface area (TPSA) is 83.7 Å². The van der Waals surface area contributed by atoms with Crippen LogP contribution in [0.15, 0.2) is 51.8 Å². The standard InChI is InChI=1S/C23H27N3O4S/c1-16-8-9-19(14-17(16)2)31(28,29)25(3)15-22(27)26-12-10-18(11-13-26)23-24-20-6-4-5-7-21(20)30-23/h4-9,14,18H,10-13,15H2,1-3H3. The Bertz CT molecular complexity index is 1180. The molecule has 8 heteroatoms. The summed E-state index contributed by atoms with van der Waals surface area (Å²) in [5.41, 5.74) is 3.55. The van der Waals surface area contributed by atoms with Crippen LogP contribution >= 0.6 is 0 Å². The van der Waals surface area contributed by atoms with Gasteiger partial charge in [0.25, 0.3) is 0 Å². The highest BCUT2D eigenvalue weighted by molar-refractivity contribution is 7.89. The second-order valence-corrected chi connectivity index (χ2v) is 10.2. The SMILES string of the molecule is Cc1ccc(S(=O)(=O)N(C)CC(=O)N2CCC(c3nc4ccccc4o3)CC2)cc1C. The monoisotopic (exact) mass is 441 g/mol. The number of hydrogen-bond donors (Lipinski definition) is 0. The highest BCUT2D eigenvalue weighted by atomic mass is 32.2. The molecule has 1 aromatic heterocycles. The summed E-state index contributed by atoms with van der Waals surface area (Å²) >= 11 is 0. The van der Waals surface area contributed by atoms with Gasteiger partial charge in [-0.25, -0.2) is 13.4 Å². The van der Waals surface area contributed by atoms with Gasteiger partial charge in [-0.3, -0.25) is 4.79 Å². The van der Waals surface area contributed by atoms with Crippen LogP contribution in [0.5, 0.6) is 0 Å². The molecule has 0 unspecified atom stereocenters. The van der Waals surface area contributed by atoms with Gasteiger partial charge in [-0.05, 0) is 62.1 Å². The normalized spacial score (nSPS) is 15.7. The summed E-state index contributed by atoms with van der Waals surface area (Å²) < 4.78 is 32.8. The number of hydrogen-bond acceptors (Lipinski definition) is 5. The third-order valence-electron chi connectivity index (χ3n) is 6.05. The van der Waals surface area contributed by atoms with Crippen LogP contribution < -0.4 is 0 Å². The first kappa shape index (κ1) is 21.5. The van der Waals surface area contributed by atoms with Crippen LogP contribution in [0.1, 0.15) is 35.8 Å². The van der Waals surface area contributed by atoms with Crippen LogP contribution in [0.4, 0.5) is 0 Å². The van der Waals surface area contributed by atoms with Gasteiger partial charge in [0.15, 0.2) is 11.5 Å². The molecular weight excluding hydrogens is 414 g/mol. The summed E-state index contributed by atoms with van der Waals surface area (Å²) in [6, 6.07) is 12.7. The van der Waals surface area contributed by atoms with Crippen LogP contribution in [-0.2, 0) is 14.8 Å². The molecule has 3 aromatic rings. The van der Waals surface area contributed by atoms with E-state index in [4.69, 9.17) is 4.42 Å². The zero-order chi connectivity index (χ0) is 22.2. The zero-order valence-electron chi connectivity index (χ0n) is 18.0. The molecule has 4 rings (SSSR count). The molecular formula is C23H27N3O4S. The number of benzene rings is 2. The summed E-state index contributed by atoms with van der Waals surface area (Å²) in [6.07, 6.45) is 1.48. The minimum atomic E-state index is -3.72. The maximum atomic E-state index is 12.9. The number of likely N-dealkylation sites (tertiary alicyclic amines) is 1. The lowest BCUT2D eigenvalue weighted by Gasteiger charge is -2.31. The summed E-state index contributed by atoms with van der Waals surface area (Å²) in [4.78, 5) is 19.3. The van der Waals surface area contributed by atoms with Crippen molar-refractivity contribution in [1.29, 1.82) is 0 Å². The maximum absolute atomic E-state index is 12.9. The number of aryl methyl sites for hydroxylation is 2. The third-order valence-corrected chi connectivity index (χ3v) is 7.85. The second-order valence-electron chi connectivity index (χ2n) is 8.18. The van der Waals surface area contributed by atoms with E-state index in [1.54, 1.807) is 23.1 Å². The quantitative estimate of drug-likeness (QED) is 0.605. The van der Waals surface area contributed by atoms with E-state index in [1.807, 2.05) is 38.1 Å². The molecule has 7 nitrogen and oxygen atoms in total. The zero-order valence-corrected chi connectivity index (χ0v) is 18.9. The fourth-order valence-electron chi connectivity index (χ4n) is 3.87. The van der Waals surface area contributed by atoms with E-state index in [-0.39, 0.29) is 23.3 Å². The van der Waals surface area contributed by atoms with Crippen LogP contribution in [0.2, 0.25) is 0 Å². The van der Waals surface area contributed by atoms with Crippen LogP contribution in [0, 0.1) is 13.8 Å². The van der Waals surface area contributed by atoms with Gasteiger partial charge in [-0.15, -0.1) is 0 Å². The Morgan fingerprint density at radius 2 is 1.84 bits per heavy atom. The number of sulfonamides is 1. The molecule has 164 valence electrons. The number of amides is 1. The number of carbonyl (C=O) groups excluding carboxylic acids is 1. The molecule has 1 aliphatic heterocycles. The van der Waals surface area contributed by atoms with Crippen LogP contribution in [-0.4, -0.2) is 55.2 Å². The number of carbonyl (C=O) groups is 1. The molecule has 31 heavy (non-hydrogen) atoms. The van der Waals surface area contributed by atoms with Gasteiger partial charge in [0.1, 0.15) is 5.52 Å². The van der Waals surface area contributed by atoms with Gasteiger partial charge in [-0.1, -0.05) is 18.2 Å². The van der Waals surface area contributed by atoms with Gasteiger partial charge >= 0.3 is 0 Å². The van der Waals surface area contributed by atoms with Crippen molar-refractivity contribution in [2.24, 2.45) is 0 Å². The predicted molar refractivity (Wildman–Crippen MR) is 118 cm³/mol. The van der Waals surface area contributed by atoms with Crippen LogP contribution in [0.25, 0.3) is 11.1 Å². The molecule has 1 aliphatic rings. The summed E-state index contributed by atoms with van der Waals surface area (Å²) in [6.45, 7) is 4.74. The Hall–Kier alpha value is -2.71. The molecule has 1 fully saturated rings. The summed E-state index contributed by atoms with van der Waals surface area (Å²) in [5.74, 6) is 0.683. The lowest BCUT2D eigenvalue weighted by Crippen LogP contribution is -2.44.